The largest absolute Gasteiger partial charge is 0.469 e. The van der Waals surface area contributed by atoms with Crippen molar-refractivity contribution in [3.8, 4) is 0 Å². The van der Waals surface area contributed by atoms with Gasteiger partial charge in [-0.15, -0.1) is 0 Å². The molecular weight excluding hydrogens is 639 g/mol. The molecule has 0 saturated heterocycles. The molecule has 0 saturated carbocycles. The van der Waals surface area contributed by atoms with Crippen molar-refractivity contribution in [1.29, 1.82) is 0 Å². The van der Waals surface area contributed by atoms with E-state index in [2.05, 4.69) is 54.8 Å². The lowest BCUT2D eigenvalue weighted by molar-refractivity contribution is -0.161. The number of phosphoric acid groups is 1. The summed E-state index contributed by atoms with van der Waals surface area (Å²) in [6.07, 6.45) is 41.5. The van der Waals surface area contributed by atoms with Gasteiger partial charge >= 0.3 is 19.8 Å². The quantitative estimate of drug-likeness (QED) is 0.0285. The highest BCUT2D eigenvalue weighted by atomic mass is 31.2. The van der Waals surface area contributed by atoms with Crippen molar-refractivity contribution in [2.24, 2.45) is 0 Å². The van der Waals surface area contributed by atoms with Gasteiger partial charge in [0.1, 0.15) is 6.61 Å². The van der Waals surface area contributed by atoms with Crippen LogP contribution >= 0.6 is 7.82 Å². The summed E-state index contributed by atoms with van der Waals surface area (Å²) in [5, 5.41) is 0. The lowest BCUT2D eigenvalue weighted by Gasteiger charge is -2.18. The third-order valence-electron chi connectivity index (χ3n) is 8.41. The van der Waals surface area contributed by atoms with Crippen LogP contribution < -0.4 is 0 Å². The minimum Gasteiger partial charge on any atom is -0.462 e. The van der Waals surface area contributed by atoms with Crippen molar-refractivity contribution in [3.63, 3.8) is 0 Å². The summed E-state index contributed by atoms with van der Waals surface area (Å²) in [4.78, 5) is 42.7. The Labute approximate surface area is 300 Å². The molecule has 1 atom stereocenters. The smallest absolute Gasteiger partial charge is 0.462 e. The predicted octanol–water partition coefficient (Wildman–Crippen LogP) is 11.8. The Bertz CT molecular complexity index is 895. The van der Waals surface area contributed by atoms with E-state index in [1.54, 1.807) is 0 Å². The number of ether oxygens (including phenoxy) is 2. The maximum atomic E-state index is 12.4. The summed E-state index contributed by atoms with van der Waals surface area (Å²) < 4.78 is 26.3. The van der Waals surface area contributed by atoms with Crippen molar-refractivity contribution < 1.29 is 37.9 Å². The maximum Gasteiger partial charge on any atom is 0.469 e. The first-order valence-corrected chi connectivity index (χ1v) is 21.3. The molecule has 0 amide bonds. The molecule has 0 aromatic rings. The van der Waals surface area contributed by atoms with Crippen molar-refractivity contribution in [3.05, 3.63) is 36.5 Å². The van der Waals surface area contributed by atoms with Crippen LogP contribution in [0.5, 0.6) is 0 Å². The first kappa shape index (κ1) is 47.3. The summed E-state index contributed by atoms with van der Waals surface area (Å²) in [6.45, 7) is 3.63. The second kappa shape index (κ2) is 36.1. The number of hydrogen-bond donors (Lipinski definition) is 2. The van der Waals surface area contributed by atoms with Crippen molar-refractivity contribution in [2.45, 2.75) is 193 Å². The van der Waals surface area contributed by atoms with Crippen LogP contribution in [0, 0.1) is 0 Å². The third-order valence-corrected chi connectivity index (χ3v) is 8.90. The molecule has 2 N–H and O–H groups in total. The van der Waals surface area contributed by atoms with Gasteiger partial charge in [0, 0.05) is 12.8 Å². The van der Waals surface area contributed by atoms with E-state index in [0.29, 0.717) is 12.8 Å². The molecule has 0 spiro atoms. The number of allylic oxidation sites excluding steroid dienone is 6. The minimum absolute atomic E-state index is 0.207. The second-order valence-corrected chi connectivity index (χ2v) is 14.5. The number of phosphoric ester groups is 1. The van der Waals surface area contributed by atoms with Gasteiger partial charge in [-0.2, -0.15) is 0 Å². The summed E-state index contributed by atoms with van der Waals surface area (Å²) in [5.74, 6) is -0.925. The molecule has 0 aromatic carbocycles. The number of esters is 2. The first-order chi connectivity index (χ1) is 23.8. The van der Waals surface area contributed by atoms with Crippen LogP contribution in [0.3, 0.4) is 0 Å². The van der Waals surface area contributed by atoms with Crippen molar-refractivity contribution >= 4 is 19.8 Å². The van der Waals surface area contributed by atoms with Gasteiger partial charge < -0.3 is 19.3 Å². The first-order valence-electron chi connectivity index (χ1n) is 19.8. The summed E-state index contributed by atoms with van der Waals surface area (Å²) in [5.41, 5.74) is 0. The van der Waals surface area contributed by atoms with E-state index in [1.807, 2.05) is 0 Å². The fraction of sp³-hybridized carbons (Fsp3) is 0.800. The third kappa shape index (κ3) is 38.9. The van der Waals surface area contributed by atoms with E-state index < -0.39 is 32.5 Å². The predicted molar refractivity (Wildman–Crippen MR) is 202 cm³/mol. The molecule has 8 nitrogen and oxygen atoms in total. The monoisotopic (exact) mass is 713 g/mol. The maximum absolute atomic E-state index is 12.4. The number of unbranched alkanes of at least 4 members (excludes halogenated alkanes) is 20. The molecular formula is C40H73O8P. The molecule has 0 aromatic heterocycles. The van der Waals surface area contributed by atoms with Crippen LogP contribution in [-0.2, 0) is 28.2 Å². The van der Waals surface area contributed by atoms with Crippen molar-refractivity contribution in [1.82, 2.24) is 0 Å². The molecule has 286 valence electrons. The van der Waals surface area contributed by atoms with Gasteiger partial charge in [0.05, 0.1) is 6.61 Å². The molecule has 0 unspecified atom stereocenters. The molecule has 9 heteroatoms. The SMILES string of the molecule is CCCCC/C=C\C/C=C\C/C=C\CCCCC(=O)OC[C@H](COP(=O)(O)O)OC(=O)CCCCCCCCCCCCCCCCCC. The zero-order valence-corrected chi connectivity index (χ0v) is 32.2. The number of carbonyl (C=O) groups is 2. The molecule has 0 heterocycles. The average molecular weight is 713 g/mol. The number of hydrogen-bond acceptors (Lipinski definition) is 6. The Morgan fingerprint density at radius 1 is 0.531 bits per heavy atom. The standard InChI is InChI=1S/C40H73O8P/c1-3-5-7-9-11-13-15-17-19-21-23-25-27-29-31-33-35-40(42)48-38(37-47-49(43,44)45)36-46-39(41)34-32-30-28-26-24-22-20-18-16-14-12-10-8-6-4-2/h12,14,18,20,24,26,38H,3-11,13,15-17,19,21-23,25,27-37H2,1-2H3,(H2,43,44,45)/b14-12-,20-18-,26-24-/t38-/m1/s1. The molecule has 0 radical (unpaired) electrons. The number of rotatable bonds is 36. The Kier molecular flexibility index (Phi) is 34.8. The molecule has 0 aliphatic rings. The normalized spacial score (nSPS) is 12.8. The highest BCUT2D eigenvalue weighted by Crippen LogP contribution is 2.36. The van der Waals surface area contributed by atoms with Gasteiger partial charge in [0.15, 0.2) is 6.10 Å². The minimum atomic E-state index is -4.76. The van der Waals surface area contributed by atoms with Crippen LogP contribution in [0.25, 0.3) is 0 Å². The van der Waals surface area contributed by atoms with Crippen LogP contribution in [0.15, 0.2) is 36.5 Å². The van der Waals surface area contributed by atoms with Gasteiger partial charge in [-0.25, -0.2) is 4.57 Å². The topological polar surface area (TPSA) is 119 Å². The highest BCUT2D eigenvalue weighted by molar-refractivity contribution is 7.46. The van der Waals surface area contributed by atoms with E-state index in [1.165, 1.54) is 96.3 Å². The lowest BCUT2D eigenvalue weighted by atomic mass is 10.0. The van der Waals surface area contributed by atoms with Crippen LogP contribution in [0.1, 0.15) is 187 Å². The molecule has 0 rings (SSSR count). The average Bonchev–Trinajstić information content (AvgIpc) is 3.07. The van der Waals surface area contributed by atoms with Crippen LogP contribution in [0.4, 0.5) is 0 Å². The van der Waals surface area contributed by atoms with Gasteiger partial charge in [0.2, 0.25) is 0 Å². The van der Waals surface area contributed by atoms with Crippen molar-refractivity contribution in [2.75, 3.05) is 13.2 Å². The Balaban J connectivity index is 3.99. The van der Waals surface area contributed by atoms with Gasteiger partial charge in [0.25, 0.3) is 0 Å². The van der Waals surface area contributed by atoms with E-state index in [-0.39, 0.29) is 19.4 Å². The zero-order valence-electron chi connectivity index (χ0n) is 31.3. The zero-order chi connectivity index (χ0) is 36.1. The molecule has 49 heavy (non-hydrogen) atoms. The van der Waals surface area contributed by atoms with Gasteiger partial charge in [-0.3, -0.25) is 14.1 Å². The Hall–Kier alpha value is -1.73. The van der Waals surface area contributed by atoms with Crippen LogP contribution in [-0.4, -0.2) is 41.0 Å². The van der Waals surface area contributed by atoms with E-state index in [0.717, 1.165) is 51.4 Å². The van der Waals surface area contributed by atoms with Gasteiger partial charge in [-0.05, 0) is 51.4 Å². The van der Waals surface area contributed by atoms with E-state index in [9.17, 15) is 14.2 Å². The summed E-state index contributed by atoms with van der Waals surface area (Å²) in [7, 11) is -4.76. The van der Waals surface area contributed by atoms with E-state index >= 15 is 0 Å². The fourth-order valence-electron chi connectivity index (χ4n) is 5.44. The van der Waals surface area contributed by atoms with E-state index in [4.69, 9.17) is 19.3 Å². The summed E-state index contributed by atoms with van der Waals surface area (Å²) in [6, 6.07) is 0. The van der Waals surface area contributed by atoms with Gasteiger partial charge in [-0.1, -0.05) is 159 Å². The molecule has 0 aliphatic heterocycles. The fourth-order valence-corrected chi connectivity index (χ4v) is 5.80. The van der Waals surface area contributed by atoms with Crippen LogP contribution in [0.2, 0.25) is 0 Å². The lowest BCUT2D eigenvalue weighted by Crippen LogP contribution is -2.29. The summed E-state index contributed by atoms with van der Waals surface area (Å²) >= 11 is 0. The second-order valence-electron chi connectivity index (χ2n) is 13.3. The number of carbonyl (C=O) groups excluding carboxylic acids is 2. The Morgan fingerprint density at radius 3 is 1.41 bits per heavy atom. The molecule has 0 fully saturated rings. The molecule has 0 bridgehead atoms. The highest BCUT2D eigenvalue weighted by Gasteiger charge is 2.22. The molecule has 0 aliphatic carbocycles. The Morgan fingerprint density at radius 2 is 0.918 bits per heavy atom.